The Hall–Kier alpha value is -3.08. The van der Waals surface area contributed by atoms with E-state index in [1.54, 1.807) is 21.7 Å². The fraction of sp³-hybridized carbons (Fsp3) is 0.522. The van der Waals surface area contributed by atoms with Crippen LogP contribution in [-0.4, -0.2) is 67.6 Å². The van der Waals surface area contributed by atoms with Crippen LogP contribution in [-0.2, 0) is 18.3 Å². The van der Waals surface area contributed by atoms with E-state index in [9.17, 15) is 18.0 Å². The molecule has 0 unspecified atom stereocenters. The van der Waals surface area contributed by atoms with Gasteiger partial charge in [-0.25, -0.2) is 4.98 Å². The van der Waals surface area contributed by atoms with E-state index in [2.05, 4.69) is 20.3 Å². The maximum Gasteiger partial charge on any atom is 0.431 e. The van der Waals surface area contributed by atoms with Crippen molar-refractivity contribution < 1.29 is 18.0 Å². The number of halogens is 3. The van der Waals surface area contributed by atoms with Crippen molar-refractivity contribution in [3.05, 3.63) is 47.5 Å². The quantitative estimate of drug-likeness (QED) is 0.629. The number of amides is 1. The number of nitrogens with zero attached hydrogens (tertiary/aromatic N) is 6. The Bertz CT molecular complexity index is 1220. The predicted molar refractivity (Wildman–Crippen MR) is 121 cm³/mol. The second-order valence-electron chi connectivity index (χ2n) is 9.42. The van der Waals surface area contributed by atoms with E-state index in [1.165, 1.54) is 16.8 Å². The second-order valence-corrected chi connectivity index (χ2v) is 9.42. The van der Waals surface area contributed by atoms with E-state index in [0.29, 0.717) is 55.9 Å². The van der Waals surface area contributed by atoms with Crippen LogP contribution in [0.5, 0.6) is 0 Å². The zero-order valence-corrected chi connectivity index (χ0v) is 19.4. The highest BCUT2D eigenvalue weighted by Gasteiger charge is 2.47. The Labute approximate surface area is 195 Å². The van der Waals surface area contributed by atoms with Gasteiger partial charge in [-0.15, -0.1) is 0 Å². The van der Waals surface area contributed by atoms with Crippen LogP contribution < -0.4 is 5.32 Å². The summed E-state index contributed by atoms with van der Waals surface area (Å²) >= 11 is 0. The van der Waals surface area contributed by atoms with Gasteiger partial charge in [0.2, 0.25) is 0 Å². The summed E-state index contributed by atoms with van der Waals surface area (Å²) in [6.07, 6.45) is -0.0837. The number of anilines is 1. The van der Waals surface area contributed by atoms with Gasteiger partial charge < -0.3 is 14.8 Å². The smallest absolute Gasteiger partial charge is 0.368 e. The topological polar surface area (TPSA) is 70.7 Å². The molecule has 0 aliphatic carbocycles. The van der Waals surface area contributed by atoms with E-state index in [0.717, 1.165) is 5.82 Å². The molecule has 11 heteroatoms. The van der Waals surface area contributed by atoms with Gasteiger partial charge in [-0.2, -0.15) is 22.8 Å². The monoisotopic (exact) mass is 475 g/mol. The summed E-state index contributed by atoms with van der Waals surface area (Å²) in [7, 11) is 1.96. The van der Waals surface area contributed by atoms with Gasteiger partial charge in [-0.1, -0.05) is 0 Å². The molecule has 5 heterocycles. The number of hydrogen-bond donors (Lipinski definition) is 1. The molecule has 0 bridgehead atoms. The van der Waals surface area contributed by atoms with E-state index in [1.807, 2.05) is 27.0 Å². The molecule has 1 saturated heterocycles. The van der Waals surface area contributed by atoms with Crippen LogP contribution in [0.3, 0.4) is 0 Å². The predicted octanol–water partition coefficient (Wildman–Crippen LogP) is 3.45. The van der Waals surface area contributed by atoms with Crippen LogP contribution in [0.2, 0.25) is 0 Å². The lowest BCUT2D eigenvalue weighted by Crippen LogP contribution is -2.56. The molecule has 34 heavy (non-hydrogen) atoms. The summed E-state index contributed by atoms with van der Waals surface area (Å²) in [6.45, 7) is 5.75. The van der Waals surface area contributed by atoms with Crippen LogP contribution in [0, 0.1) is 0 Å². The molecular formula is C23H28F3N7O. The van der Waals surface area contributed by atoms with Crippen LogP contribution in [0.15, 0.2) is 30.6 Å². The van der Waals surface area contributed by atoms with Crippen LogP contribution in [0.25, 0.3) is 5.65 Å². The number of nitrogens with one attached hydrogen (secondary N) is 1. The van der Waals surface area contributed by atoms with Gasteiger partial charge in [0, 0.05) is 44.1 Å². The number of carbonyl (C=O) groups is 1. The number of carbonyl (C=O) groups excluding carboxylic acids is 1. The van der Waals surface area contributed by atoms with Crippen molar-refractivity contribution in [3.8, 4) is 0 Å². The summed E-state index contributed by atoms with van der Waals surface area (Å²) < 4.78 is 43.6. The fourth-order valence-electron chi connectivity index (χ4n) is 5.36. The Balaban J connectivity index is 1.39. The summed E-state index contributed by atoms with van der Waals surface area (Å²) in [6, 6.07) is 4.79. The zero-order valence-electron chi connectivity index (χ0n) is 19.4. The molecular weight excluding hydrogens is 447 g/mol. The van der Waals surface area contributed by atoms with E-state index >= 15 is 0 Å². The third kappa shape index (κ3) is 3.53. The van der Waals surface area contributed by atoms with Gasteiger partial charge in [0.25, 0.3) is 5.91 Å². The van der Waals surface area contributed by atoms with Gasteiger partial charge in [-0.3, -0.25) is 9.69 Å². The molecule has 1 amide bonds. The molecule has 2 aliphatic rings. The second kappa shape index (κ2) is 8.00. The first-order valence-corrected chi connectivity index (χ1v) is 11.5. The number of piperidine rings is 1. The Morgan fingerprint density at radius 2 is 1.85 bits per heavy atom. The number of likely N-dealkylation sites (tertiary alicyclic amines) is 1. The summed E-state index contributed by atoms with van der Waals surface area (Å²) in [5.74, 6) is 0.589. The average Bonchev–Trinajstić information content (AvgIpc) is 3.42. The molecule has 5 rings (SSSR count). The van der Waals surface area contributed by atoms with E-state index < -0.39 is 17.4 Å². The van der Waals surface area contributed by atoms with Crippen LogP contribution >= 0.6 is 0 Å². The number of alkyl halides is 3. The molecule has 3 aromatic rings. The lowest BCUT2D eigenvalue weighted by Gasteiger charge is -2.50. The third-order valence-electron chi connectivity index (χ3n) is 7.08. The fourth-order valence-corrected chi connectivity index (χ4v) is 5.36. The molecule has 1 fully saturated rings. The maximum atomic E-state index is 13.5. The highest BCUT2D eigenvalue weighted by atomic mass is 19.4. The van der Waals surface area contributed by atoms with Gasteiger partial charge in [-0.05, 0) is 51.9 Å². The molecule has 0 saturated carbocycles. The van der Waals surface area contributed by atoms with Crippen molar-refractivity contribution in [1.29, 1.82) is 0 Å². The van der Waals surface area contributed by atoms with Crippen LogP contribution in [0.4, 0.5) is 19.0 Å². The third-order valence-corrected chi connectivity index (χ3v) is 7.08. The minimum atomic E-state index is -4.38. The zero-order chi connectivity index (χ0) is 24.3. The van der Waals surface area contributed by atoms with Gasteiger partial charge in [0.1, 0.15) is 17.1 Å². The molecule has 8 nitrogen and oxygen atoms in total. The van der Waals surface area contributed by atoms with Crippen LogP contribution in [0.1, 0.15) is 48.4 Å². The van der Waals surface area contributed by atoms with Crippen molar-refractivity contribution >= 4 is 17.4 Å². The average molecular weight is 476 g/mol. The van der Waals surface area contributed by atoms with E-state index in [-0.39, 0.29) is 11.9 Å². The van der Waals surface area contributed by atoms with Gasteiger partial charge in [0.15, 0.2) is 5.65 Å². The molecule has 0 radical (unpaired) electrons. The standard InChI is InChI=1S/C23H28F3N7O/c1-15(2)29-19-6-9-27-20-16(14-28-33(19)20)21(34)31-10-7-22(8-11-31)17-4-5-18(23(24,25)26)32(17)13-12-30(22)3/h4-6,9,14-15,29H,7-8,10-13H2,1-3H3. The van der Waals surface area contributed by atoms with Gasteiger partial charge in [0.05, 0.1) is 11.7 Å². The van der Waals surface area contributed by atoms with Gasteiger partial charge >= 0.3 is 6.18 Å². The van der Waals surface area contributed by atoms with Crippen molar-refractivity contribution in [1.82, 2.24) is 29.0 Å². The molecule has 1 N–H and O–H groups in total. The Morgan fingerprint density at radius 1 is 1.12 bits per heavy atom. The summed E-state index contributed by atoms with van der Waals surface area (Å²) in [5, 5.41) is 7.66. The highest BCUT2D eigenvalue weighted by Crippen LogP contribution is 2.44. The molecule has 2 aliphatic heterocycles. The highest BCUT2D eigenvalue weighted by molar-refractivity contribution is 5.99. The molecule has 1 spiro atoms. The van der Waals surface area contributed by atoms with E-state index in [4.69, 9.17) is 0 Å². The number of fused-ring (bicyclic) bond motifs is 3. The van der Waals surface area contributed by atoms with Crippen molar-refractivity contribution in [2.24, 2.45) is 0 Å². The minimum Gasteiger partial charge on any atom is -0.368 e. The lowest BCUT2D eigenvalue weighted by molar-refractivity contribution is -0.144. The molecule has 0 atom stereocenters. The number of rotatable bonds is 3. The van der Waals surface area contributed by atoms with Crippen molar-refractivity contribution in [2.75, 3.05) is 32.0 Å². The molecule has 0 aromatic carbocycles. The Kier molecular flexibility index (Phi) is 5.34. The molecule has 3 aromatic heterocycles. The molecule has 182 valence electrons. The number of likely N-dealkylation sites (N-methyl/N-ethyl adjacent to an activating group) is 1. The Morgan fingerprint density at radius 3 is 2.53 bits per heavy atom. The first-order chi connectivity index (χ1) is 16.1. The summed E-state index contributed by atoms with van der Waals surface area (Å²) in [5.41, 5.74) is 0.462. The number of hydrogen-bond acceptors (Lipinski definition) is 5. The SMILES string of the molecule is CC(C)Nc1ccnc2c(C(=O)N3CCC4(CC3)c3ccc(C(F)(F)F)n3CCN4C)cnn12. The minimum absolute atomic E-state index is 0.163. The first kappa shape index (κ1) is 22.7. The normalized spacial score (nSPS) is 18.6. The van der Waals surface area contributed by atoms with Crippen molar-refractivity contribution in [2.45, 2.75) is 51.0 Å². The first-order valence-electron chi connectivity index (χ1n) is 11.5. The lowest BCUT2D eigenvalue weighted by atomic mass is 9.81. The summed E-state index contributed by atoms with van der Waals surface area (Å²) in [4.78, 5) is 21.7. The van der Waals surface area contributed by atoms with Crippen molar-refractivity contribution in [3.63, 3.8) is 0 Å². The maximum absolute atomic E-state index is 13.5. The number of aromatic nitrogens is 4. The largest absolute Gasteiger partial charge is 0.431 e.